The lowest BCUT2D eigenvalue weighted by Gasteiger charge is -2.20. The molecule has 8 nitrogen and oxygen atoms in total. The lowest BCUT2D eigenvalue weighted by molar-refractivity contribution is 0.0494. The molecule has 0 saturated heterocycles. The number of β-amino-alcohol motifs (C(OH)–C–C–N with tert-alkyl or cyclic N) is 2. The number of amides is 4. The molecule has 0 spiro atoms. The fraction of sp³-hybridized carbons (Fsp3) is 0.304. The van der Waals surface area contributed by atoms with Crippen LogP contribution in [0.3, 0.4) is 0 Å². The third kappa shape index (κ3) is 3.87. The minimum Gasteiger partial charge on any atom is -0.391 e. The molecule has 160 valence electrons. The van der Waals surface area contributed by atoms with E-state index in [-0.39, 0.29) is 25.9 Å². The maximum absolute atomic E-state index is 12.4. The molecule has 2 unspecified atom stereocenters. The Hall–Kier alpha value is -3.36. The summed E-state index contributed by atoms with van der Waals surface area (Å²) in [6.07, 6.45) is -0.962. The lowest BCUT2D eigenvalue weighted by atomic mass is 10.1. The molecule has 2 aromatic rings. The van der Waals surface area contributed by atoms with Crippen LogP contribution in [0.4, 0.5) is 0 Å². The van der Waals surface area contributed by atoms with Crippen molar-refractivity contribution in [3.63, 3.8) is 0 Å². The van der Waals surface area contributed by atoms with E-state index in [2.05, 4.69) is 0 Å². The highest BCUT2D eigenvalue weighted by molar-refractivity contribution is 6.22. The molecule has 4 amide bonds. The number of hydrogen-bond donors (Lipinski definition) is 2. The highest BCUT2D eigenvalue weighted by atomic mass is 16.3. The molecule has 2 aliphatic heterocycles. The van der Waals surface area contributed by atoms with Crippen LogP contribution in [0.1, 0.15) is 60.7 Å². The average molecular weight is 422 g/mol. The van der Waals surface area contributed by atoms with Gasteiger partial charge in [0.15, 0.2) is 0 Å². The maximum atomic E-state index is 12.4. The maximum Gasteiger partial charge on any atom is 0.261 e. The van der Waals surface area contributed by atoms with Crippen molar-refractivity contribution in [3.8, 4) is 0 Å². The second kappa shape index (κ2) is 8.41. The van der Waals surface area contributed by atoms with Crippen molar-refractivity contribution in [2.24, 2.45) is 0 Å². The predicted octanol–water partition coefficient (Wildman–Crippen LogP) is 1.47. The summed E-state index contributed by atoms with van der Waals surface area (Å²) in [4.78, 5) is 51.5. The summed E-state index contributed by atoms with van der Waals surface area (Å²) in [6, 6.07) is 13.0. The van der Waals surface area contributed by atoms with Gasteiger partial charge < -0.3 is 10.2 Å². The van der Waals surface area contributed by atoms with Gasteiger partial charge in [0.05, 0.1) is 47.6 Å². The zero-order valence-electron chi connectivity index (χ0n) is 16.7. The summed E-state index contributed by atoms with van der Waals surface area (Å²) < 4.78 is 0. The molecule has 8 heteroatoms. The summed E-state index contributed by atoms with van der Waals surface area (Å²) in [7, 11) is 0. The van der Waals surface area contributed by atoms with Crippen molar-refractivity contribution in [1.29, 1.82) is 0 Å². The summed E-state index contributed by atoms with van der Waals surface area (Å²) in [5.41, 5.74) is 1.32. The first kappa shape index (κ1) is 20.9. The van der Waals surface area contributed by atoms with E-state index in [1.807, 2.05) is 0 Å². The van der Waals surface area contributed by atoms with Crippen LogP contribution in [0, 0.1) is 0 Å². The minimum atomic E-state index is -0.936. The Kier molecular flexibility index (Phi) is 5.67. The Balaban J connectivity index is 1.25. The molecule has 0 fully saturated rings. The fourth-order valence-electron chi connectivity index (χ4n) is 4.00. The zero-order chi connectivity index (χ0) is 22.1. The number of rotatable bonds is 8. The monoisotopic (exact) mass is 422 g/mol. The Morgan fingerprint density at radius 3 is 1.16 bits per heavy atom. The van der Waals surface area contributed by atoms with Crippen LogP contribution in [-0.4, -0.2) is 68.9 Å². The van der Waals surface area contributed by atoms with E-state index >= 15 is 0 Å². The van der Waals surface area contributed by atoms with Gasteiger partial charge in [-0.2, -0.15) is 0 Å². The van der Waals surface area contributed by atoms with Gasteiger partial charge in [-0.15, -0.1) is 0 Å². The SMILES string of the molecule is O=C1c2ccccc2C(=O)N1CC(O)CCCC(O)CN1C(=O)c2ccccc2C1=O. The molecule has 2 heterocycles. The molecule has 0 radical (unpaired) electrons. The van der Waals surface area contributed by atoms with E-state index in [0.717, 1.165) is 9.80 Å². The van der Waals surface area contributed by atoms with E-state index in [1.54, 1.807) is 48.5 Å². The van der Waals surface area contributed by atoms with Gasteiger partial charge in [-0.05, 0) is 43.5 Å². The van der Waals surface area contributed by atoms with Gasteiger partial charge in [0, 0.05) is 0 Å². The number of hydrogen-bond acceptors (Lipinski definition) is 6. The number of aliphatic hydroxyl groups is 2. The molecule has 2 aliphatic rings. The van der Waals surface area contributed by atoms with Gasteiger partial charge in [-0.25, -0.2) is 0 Å². The van der Waals surface area contributed by atoms with E-state index in [1.165, 1.54) is 0 Å². The molecule has 2 atom stereocenters. The number of fused-ring (bicyclic) bond motifs is 2. The van der Waals surface area contributed by atoms with Gasteiger partial charge >= 0.3 is 0 Å². The number of imide groups is 2. The van der Waals surface area contributed by atoms with Crippen molar-refractivity contribution >= 4 is 23.6 Å². The second-order valence-corrected chi connectivity index (χ2v) is 7.77. The molecule has 31 heavy (non-hydrogen) atoms. The van der Waals surface area contributed by atoms with Gasteiger partial charge in [0.1, 0.15) is 0 Å². The third-order valence-corrected chi connectivity index (χ3v) is 5.62. The average Bonchev–Trinajstić information content (AvgIpc) is 3.15. The summed E-state index contributed by atoms with van der Waals surface area (Å²) in [5, 5.41) is 20.6. The van der Waals surface area contributed by atoms with Crippen LogP contribution in [0.15, 0.2) is 48.5 Å². The smallest absolute Gasteiger partial charge is 0.261 e. The van der Waals surface area contributed by atoms with Crippen molar-refractivity contribution < 1.29 is 29.4 Å². The van der Waals surface area contributed by atoms with E-state index < -0.39 is 35.8 Å². The Bertz CT molecular complexity index is 912. The van der Waals surface area contributed by atoms with Gasteiger partial charge in [-0.1, -0.05) is 24.3 Å². The summed E-state index contributed by atoms with van der Waals surface area (Å²) in [6.45, 7) is -0.248. The molecule has 0 saturated carbocycles. The van der Waals surface area contributed by atoms with E-state index in [0.29, 0.717) is 28.7 Å². The molecule has 0 aliphatic carbocycles. The Morgan fingerprint density at radius 2 is 0.871 bits per heavy atom. The van der Waals surface area contributed by atoms with E-state index in [4.69, 9.17) is 0 Å². The number of benzene rings is 2. The number of carbonyl (C=O) groups excluding carboxylic acids is 4. The van der Waals surface area contributed by atoms with Crippen LogP contribution >= 0.6 is 0 Å². The molecule has 2 aromatic carbocycles. The van der Waals surface area contributed by atoms with Crippen LogP contribution in [0.25, 0.3) is 0 Å². The topological polar surface area (TPSA) is 115 Å². The molecule has 4 rings (SSSR count). The molecule has 0 aromatic heterocycles. The highest BCUT2D eigenvalue weighted by Gasteiger charge is 2.37. The Morgan fingerprint density at radius 1 is 0.581 bits per heavy atom. The van der Waals surface area contributed by atoms with Gasteiger partial charge in [0.2, 0.25) is 0 Å². The lowest BCUT2D eigenvalue weighted by Crippen LogP contribution is -2.38. The normalized spacial score (nSPS) is 17.2. The molecular weight excluding hydrogens is 400 g/mol. The second-order valence-electron chi connectivity index (χ2n) is 7.77. The van der Waals surface area contributed by atoms with Crippen LogP contribution in [0.2, 0.25) is 0 Å². The van der Waals surface area contributed by atoms with Crippen LogP contribution < -0.4 is 0 Å². The molecule has 0 bridgehead atoms. The fourth-order valence-corrected chi connectivity index (χ4v) is 4.00. The summed E-state index contributed by atoms with van der Waals surface area (Å²) in [5.74, 6) is -1.70. The first-order valence-corrected chi connectivity index (χ1v) is 10.1. The quantitative estimate of drug-likeness (QED) is 0.623. The van der Waals surface area contributed by atoms with Crippen molar-refractivity contribution in [2.45, 2.75) is 31.5 Å². The zero-order valence-corrected chi connectivity index (χ0v) is 16.7. The first-order chi connectivity index (χ1) is 14.9. The van der Waals surface area contributed by atoms with Crippen LogP contribution in [-0.2, 0) is 0 Å². The van der Waals surface area contributed by atoms with Gasteiger partial charge in [-0.3, -0.25) is 29.0 Å². The molecular formula is C23H22N2O6. The third-order valence-electron chi connectivity index (χ3n) is 5.62. The van der Waals surface area contributed by atoms with Crippen molar-refractivity contribution in [2.75, 3.05) is 13.1 Å². The van der Waals surface area contributed by atoms with E-state index in [9.17, 15) is 29.4 Å². The largest absolute Gasteiger partial charge is 0.391 e. The Labute approximate surface area is 178 Å². The highest BCUT2D eigenvalue weighted by Crippen LogP contribution is 2.24. The molecule has 2 N–H and O–H groups in total. The van der Waals surface area contributed by atoms with Crippen molar-refractivity contribution in [1.82, 2.24) is 9.80 Å². The summed E-state index contributed by atoms with van der Waals surface area (Å²) >= 11 is 0. The van der Waals surface area contributed by atoms with Crippen LogP contribution in [0.5, 0.6) is 0 Å². The first-order valence-electron chi connectivity index (χ1n) is 10.1. The van der Waals surface area contributed by atoms with Crippen molar-refractivity contribution in [3.05, 3.63) is 70.8 Å². The minimum absolute atomic E-state index is 0.124. The predicted molar refractivity (Wildman–Crippen MR) is 109 cm³/mol. The number of nitrogens with zero attached hydrogens (tertiary/aromatic N) is 2. The van der Waals surface area contributed by atoms with Gasteiger partial charge in [0.25, 0.3) is 23.6 Å². The number of aliphatic hydroxyl groups excluding tert-OH is 2. The number of carbonyl (C=O) groups is 4. The standard InChI is InChI=1S/C23H22N2O6/c26-14(12-24-20(28)16-8-1-2-9-17(16)21(24)29)6-5-7-15(27)13-25-22(30)18-10-3-4-11-19(18)23(25)31/h1-4,8-11,14-15,26-27H,5-7,12-13H2.